The highest BCUT2D eigenvalue weighted by molar-refractivity contribution is 6.14. The van der Waals surface area contributed by atoms with Crippen LogP contribution in [0.1, 0.15) is 91.9 Å². The molecule has 4 atom stereocenters. The Bertz CT molecular complexity index is 1370. The molecule has 2 saturated heterocycles. The van der Waals surface area contributed by atoms with Crippen molar-refractivity contribution in [2.24, 2.45) is 0 Å². The molecule has 2 aromatic carbocycles. The smallest absolute Gasteiger partial charge is 0.254 e. The molecule has 47 heavy (non-hydrogen) atoms. The van der Waals surface area contributed by atoms with Gasteiger partial charge in [-0.1, -0.05) is 30.9 Å². The van der Waals surface area contributed by atoms with Gasteiger partial charge in [0.15, 0.2) is 23.9 Å². The molecule has 2 aliphatic rings. The Hall–Kier alpha value is -3.59. The third-order valence-corrected chi connectivity index (χ3v) is 8.56. The highest BCUT2D eigenvalue weighted by Gasteiger charge is 2.46. The lowest BCUT2D eigenvalue weighted by Gasteiger charge is -2.36. The maximum Gasteiger partial charge on any atom is 0.254 e. The number of hydrogen-bond donors (Lipinski definition) is 1. The van der Waals surface area contributed by atoms with Crippen molar-refractivity contribution in [2.45, 2.75) is 83.0 Å². The zero-order chi connectivity index (χ0) is 33.6. The van der Waals surface area contributed by atoms with Gasteiger partial charge in [0.05, 0.1) is 6.61 Å². The first-order valence-corrected chi connectivity index (χ1v) is 16.6. The number of hydrogen-bond acceptors (Lipinski definition) is 8. The number of nitrogens with zero attached hydrogens (tertiary/aromatic N) is 1. The molecule has 0 spiro atoms. The molecule has 2 amide bonds. The summed E-state index contributed by atoms with van der Waals surface area (Å²) in [7, 11) is 2.87. The molecule has 0 saturated carbocycles. The van der Waals surface area contributed by atoms with Gasteiger partial charge in [-0.15, -0.1) is 0 Å². The molecule has 4 rings (SSSR count). The lowest BCUT2D eigenvalue weighted by atomic mass is 9.92. The number of carbonyl (C=O) groups excluding carboxylic acids is 3. The van der Waals surface area contributed by atoms with Crippen molar-refractivity contribution >= 4 is 17.6 Å². The van der Waals surface area contributed by atoms with E-state index in [0.717, 1.165) is 54.6 Å². The summed E-state index contributed by atoms with van der Waals surface area (Å²) in [6, 6.07) is 14.7. The average Bonchev–Trinajstić information content (AvgIpc) is 3.12. The lowest BCUT2D eigenvalue weighted by molar-refractivity contribution is -0.200. The van der Waals surface area contributed by atoms with Gasteiger partial charge in [0.1, 0.15) is 12.7 Å². The molecule has 2 heterocycles. The second-order valence-corrected chi connectivity index (χ2v) is 12.0. The topological polar surface area (TPSA) is 113 Å². The Kier molecular flexibility index (Phi) is 13.9. The molecule has 10 nitrogen and oxygen atoms in total. The summed E-state index contributed by atoms with van der Waals surface area (Å²) in [5, 5.41) is 2.51. The standard InChI is InChI=1S/C37H48N2O8/c1-5-22-43-25-31(47-34-11-7-9-24-45-34)29-18-14-27(15-19-29)12-13-28-16-20-30(21-17-28)35(41)39(4)37(2,36(42)38-3)32(40)26-46-33-10-6-8-23-44-33/h14-21,31,33-34H,5-11,22-26H2,1-4H3,(H,38,42)/t31-,33?,34?,37-/m1/s1. The largest absolute Gasteiger partial charge is 0.378 e. The van der Waals surface area contributed by atoms with Crippen LogP contribution in [0.4, 0.5) is 0 Å². The number of carbonyl (C=O) groups is 3. The number of likely N-dealkylation sites (N-methyl/N-ethyl adjacent to an activating group) is 2. The van der Waals surface area contributed by atoms with Crippen molar-refractivity contribution in [3.05, 3.63) is 70.8 Å². The van der Waals surface area contributed by atoms with Crippen molar-refractivity contribution in [2.75, 3.05) is 47.1 Å². The number of Topliss-reactive ketones (excluding diaryl/α,β-unsaturated/α-hetero) is 1. The van der Waals surface area contributed by atoms with Crippen LogP contribution < -0.4 is 5.32 Å². The van der Waals surface area contributed by atoms with Crippen molar-refractivity contribution < 1.29 is 38.1 Å². The normalized spacial score (nSPS) is 19.8. The fourth-order valence-corrected chi connectivity index (χ4v) is 5.43. The summed E-state index contributed by atoms with van der Waals surface area (Å²) >= 11 is 0. The minimum absolute atomic E-state index is 0.221. The van der Waals surface area contributed by atoms with Crippen LogP contribution in [0.5, 0.6) is 0 Å². The number of ketones is 1. The van der Waals surface area contributed by atoms with Gasteiger partial charge in [-0.2, -0.15) is 0 Å². The van der Waals surface area contributed by atoms with E-state index in [2.05, 4.69) is 24.1 Å². The second kappa shape index (κ2) is 18.1. The minimum Gasteiger partial charge on any atom is -0.378 e. The van der Waals surface area contributed by atoms with Gasteiger partial charge in [0.25, 0.3) is 11.8 Å². The zero-order valence-electron chi connectivity index (χ0n) is 28.0. The summed E-state index contributed by atoms with van der Waals surface area (Å²) in [5.41, 5.74) is 1.09. The van der Waals surface area contributed by atoms with Gasteiger partial charge < -0.3 is 33.9 Å². The molecule has 2 aromatic rings. The fraction of sp³-hybridized carbons (Fsp3) is 0.541. The van der Waals surface area contributed by atoms with Gasteiger partial charge in [0, 0.05) is 50.6 Å². The van der Waals surface area contributed by atoms with Crippen molar-refractivity contribution in [1.29, 1.82) is 0 Å². The SMILES string of the molecule is CCCOC[C@@H](OC1CCCCO1)c1ccc(C#Cc2ccc(C(=O)N(C)[C@](C)(C(=O)COC3CCCCO3)C(=O)NC)cc2)cc1. The molecule has 1 N–H and O–H groups in total. The van der Waals surface area contributed by atoms with Gasteiger partial charge >= 0.3 is 0 Å². The summed E-state index contributed by atoms with van der Waals surface area (Å²) in [4.78, 5) is 40.9. The number of rotatable bonds is 14. The summed E-state index contributed by atoms with van der Waals surface area (Å²) in [6.07, 6.45) is 5.60. The fourth-order valence-electron chi connectivity index (χ4n) is 5.43. The third kappa shape index (κ3) is 9.95. The van der Waals surface area contributed by atoms with E-state index in [1.807, 2.05) is 24.3 Å². The van der Waals surface area contributed by atoms with Gasteiger partial charge in [-0.05, 0) is 93.8 Å². The van der Waals surface area contributed by atoms with Crippen LogP contribution in [0.2, 0.25) is 0 Å². The monoisotopic (exact) mass is 648 g/mol. The van der Waals surface area contributed by atoms with E-state index in [4.69, 9.17) is 23.7 Å². The molecule has 2 unspecified atom stereocenters. The van der Waals surface area contributed by atoms with Gasteiger partial charge in [-0.25, -0.2) is 0 Å². The second-order valence-electron chi connectivity index (χ2n) is 12.0. The number of benzene rings is 2. The first-order valence-electron chi connectivity index (χ1n) is 16.6. The summed E-state index contributed by atoms with van der Waals surface area (Å²) in [6.45, 7) is 5.57. The van der Waals surface area contributed by atoms with Crippen LogP contribution in [0.15, 0.2) is 48.5 Å². The van der Waals surface area contributed by atoms with Crippen LogP contribution >= 0.6 is 0 Å². The zero-order valence-corrected chi connectivity index (χ0v) is 28.0. The Morgan fingerprint density at radius 2 is 1.53 bits per heavy atom. The van der Waals surface area contributed by atoms with E-state index >= 15 is 0 Å². The molecule has 10 heteroatoms. The molecule has 2 fully saturated rings. The Balaban J connectivity index is 1.40. The van der Waals surface area contributed by atoms with Crippen LogP contribution in [-0.2, 0) is 33.3 Å². The molecule has 0 bridgehead atoms. The number of amides is 2. The lowest BCUT2D eigenvalue weighted by Crippen LogP contribution is -2.62. The number of nitrogens with one attached hydrogen (secondary N) is 1. The van der Waals surface area contributed by atoms with Gasteiger partial charge in [-0.3, -0.25) is 14.4 Å². The maximum absolute atomic E-state index is 13.5. The molecule has 254 valence electrons. The quantitative estimate of drug-likeness (QED) is 0.177. The summed E-state index contributed by atoms with van der Waals surface area (Å²) in [5.74, 6) is 4.69. The van der Waals surface area contributed by atoms with Crippen LogP contribution in [0, 0.1) is 11.8 Å². The van der Waals surface area contributed by atoms with Crippen molar-refractivity contribution in [1.82, 2.24) is 10.2 Å². The van der Waals surface area contributed by atoms with Crippen molar-refractivity contribution in [3.63, 3.8) is 0 Å². The van der Waals surface area contributed by atoms with E-state index in [0.29, 0.717) is 44.0 Å². The number of ether oxygens (including phenoxy) is 5. The van der Waals surface area contributed by atoms with Crippen LogP contribution in [0.25, 0.3) is 0 Å². The van der Waals surface area contributed by atoms with Crippen molar-refractivity contribution in [3.8, 4) is 11.8 Å². The minimum atomic E-state index is -1.78. The third-order valence-electron chi connectivity index (χ3n) is 8.56. The van der Waals surface area contributed by atoms with Gasteiger partial charge in [0.2, 0.25) is 0 Å². The molecule has 0 radical (unpaired) electrons. The molecular weight excluding hydrogens is 600 g/mol. The Morgan fingerprint density at radius 1 is 0.936 bits per heavy atom. The van der Waals surface area contributed by atoms with E-state index in [9.17, 15) is 14.4 Å². The van der Waals surface area contributed by atoms with Crippen LogP contribution in [-0.4, -0.2) is 87.7 Å². The predicted octanol–water partition coefficient (Wildman–Crippen LogP) is 4.79. The van der Waals surface area contributed by atoms with E-state index in [1.54, 1.807) is 24.3 Å². The van der Waals surface area contributed by atoms with E-state index in [1.165, 1.54) is 21.0 Å². The van der Waals surface area contributed by atoms with Crippen LogP contribution in [0.3, 0.4) is 0 Å². The summed E-state index contributed by atoms with van der Waals surface area (Å²) < 4.78 is 29.1. The highest BCUT2D eigenvalue weighted by Crippen LogP contribution is 2.25. The molecule has 2 aliphatic heterocycles. The highest BCUT2D eigenvalue weighted by atomic mass is 16.7. The Labute approximate surface area is 278 Å². The average molecular weight is 649 g/mol. The first-order chi connectivity index (χ1) is 22.8. The predicted molar refractivity (Wildman–Crippen MR) is 177 cm³/mol. The molecular formula is C37H48N2O8. The van der Waals surface area contributed by atoms with E-state index < -0.39 is 29.4 Å². The first kappa shape index (κ1) is 36.2. The maximum atomic E-state index is 13.5. The molecule has 0 aromatic heterocycles. The molecule has 0 aliphatic carbocycles. The van der Waals surface area contributed by atoms with E-state index in [-0.39, 0.29) is 19.0 Å². The Morgan fingerprint density at radius 3 is 2.09 bits per heavy atom.